The quantitative estimate of drug-likeness (QED) is 0.855. The summed E-state index contributed by atoms with van der Waals surface area (Å²) < 4.78 is 2.97. The van der Waals surface area contributed by atoms with Crippen LogP contribution in [0.15, 0.2) is 29.1 Å². The molecule has 6 heteroatoms. The second-order valence-corrected chi connectivity index (χ2v) is 5.74. The molecule has 2 rings (SSSR count). The molecule has 0 aromatic carbocycles. The van der Waals surface area contributed by atoms with E-state index in [0.717, 1.165) is 35.2 Å². The van der Waals surface area contributed by atoms with E-state index in [1.54, 1.807) is 12.4 Å². The van der Waals surface area contributed by atoms with E-state index in [2.05, 4.69) is 45.2 Å². The summed E-state index contributed by atoms with van der Waals surface area (Å²) in [4.78, 5) is 4.06. The minimum Gasteiger partial charge on any atom is -0.305 e. The van der Waals surface area contributed by atoms with Crippen LogP contribution in [-0.2, 0) is 6.54 Å². The van der Waals surface area contributed by atoms with Crippen molar-refractivity contribution in [3.63, 3.8) is 0 Å². The zero-order chi connectivity index (χ0) is 14.5. The highest BCUT2D eigenvalue weighted by atomic mass is 79.9. The number of hydrogen-bond acceptors (Lipinski definition) is 3. The Morgan fingerprint density at radius 1 is 1.40 bits per heavy atom. The molecule has 0 aliphatic heterocycles. The molecule has 4 nitrogen and oxygen atoms in total. The maximum Gasteiger partial charge on any atom is 0.0775 e. The predicted octanol–water partition coefficient (Wildman–Crippen LogP) is 3.80. The molecule has 2 aromatic rings. The van der Waals surface area contributed by atoms with Crippen LogP contribution in [-0.4, -0.2) is 21.3 Å². The Kier molecular flexibility index (Phi) is 5.57. The lowest BCUT2D eigenvalue weighted by Crippen LogP contribution is -2.26. The van der Waals surface area contributed by atoms with Gasteiger partial charge in [0, 0.05) is 18.9 Å². The van der Waals surface area contributed by atoms with Crippen LogP contribution in [0.25, 0.3) is 0 Å². The molecule has 0 saturated carbocycles. The molecule has 0 aliphatic carbocycles. The van der Waals surface area contributed by atoms with E-state index in [1.165, 1.54) is 0 Å². The summed E-state index contributed by atoms with van der Waals surface area (Å²) in [6.45, 7) is 5.94. The van der Waals surface area contributed by atoms with Crippen molar-refractivity contribution in [3.05, 3.63) is 45.4 Å². The van der Waals surface area contributed by atoms with Crippen LogP contribution in [0, 0.1) is 0 Å². The van der Waals surface area contributed by atoms with Crippen LogP contribution in [0.4, 0.5) is 0 Å². The number of hydrogen-bond donors (Lipinski definition) is 1. The zero-order valence-corrected chi connectivity index (χ0v) is 13.9. The highest BCUT2D eigenvalue weighted by Gasteiger charge is 2.22. The Morgan fingerprint density at radius 3 is 2.85 bits per heavy atom. The Balaban J connectivity index is 2.47. The number of aromatic nitrogens is 3. The highest BCUT2D eigenvalue weighted by Crippen LogP contribution is 2.32. The van der Waals surface area contributed by atoms with E-state index in [4.69, 9.17) is 11.6 Å². The summed E-state index contributed by atoms with van der Waals surface area (Å²) in [5.41, 5.74) is 2.11. The number of nitrogens with one attached hydrogen (secondary N) is 1. The molecule has 2 aromatic heterocycles. The molecule has 0 bridgehead atoms. The average molecular weight is 358 g/mol. The summed E-state index contributed by atoms with van der Waals surface area (Å²) in [5.74, 6) is 0. The van der Waals surface area contributed by atoms with Crippen molar-refractivity contribution in [1.82, 2.24) is 20.1 Å². The molecule has 108 valence electrons. The van der Waals surface area contributed by atoms with E-state index in [0.29, 0.717) is 5.02 Å². The van der Waals surface area contributed by atoms with Gasteiger partial charge in [0.05, 0.1) is 27.4 Å². The Morgan fingerprint density at radius 2 is 2.20 bits per heavy atom. The van der Waals surface area contributed by atoms with Crippen LogP contribution in [0.1, 0.15) is 37.6 Å². The molecule has 1 N–H and O–H groups in total. The van der Waals surface area contributed by atoms with Crippen molar-refractivity contribution in [2.45, 2.75) is 32.9 Å². The van der Waals surface area contributed by atoms with Crippen molar-refractivity contribution in [2.24, 2.45) is 0 Å². The van der Waals surface area contributed by atoms with Crippen LogP contribution in [0.5, 0.6) is 0 Å². The highest BCUT2D eigenvalue weighted by molar-refractivity contribution is 9.10. The Hall–Kier alpha value is -0.910. The summed E-state index contributed by atoms with van der Waals surface area (Å²) in [5, 5.41) is 8.59. The first-order valence-electron chi connectivity index (χ1n) is 6.73. The molecule has 1 atom stereocenters. The molecule has 1 unspecified atom stereocenters. The van der Waals surface area contributed by atoms with E-state index in [-0.39, 0.29) is 6.04 Å². The SMILES string of the molecule is CCCNC(c1ccncc1Cl)c1c(Br)cnn1CC. The maximum atomic E-state index is 6.32. The Bertz CT molecular complexity index is 570. The first-order valence-corrected chi connectivity index (χ1v) is 7.90. The van der Waals surface area contributed by atoms with Gasteiger partial charge in [0.25, 0.3) is 0 Å². The van der Waals surface area contributed by atoms with Gasteiger partial charge in [0.15, 0.2) is 0 Å². The fourth-order valence-electron chi connectivity index (χ4n) is 2.17. The number of halogens is 2. The van der Waals surface area contributed by atoms with Crippen molar-refractivity contribution >= 4 is 27.5 Å². The first kappa shape index (κ1) is 15.5. The summed E-state index contributed by atoms with van der Waals surface area (Å²) in [6.07, 6.45) is 6.33. The van der Waals surface area contributed by atoms with E-state index >= 15 is 0 Å². The second-order valence-electron chi connectivity index (χ2n) is 4.48. The van der Waals surface area contributed by atoms with Crippen molar-refractivity contribution in [2.75, 3.05) is 6.54 Å². The summed E-state index contributed by atoms with van der Waals surface area (Å²) >= 11 is 9.91. The van der Waals surface area contributed by atoms with E-state index in [1.807, 2.05) is 16.9 Å². The molecule has 0 spiro atoms. The fourth-order valence-corrected chi connectivity index (χ4v) is 2.93. The lowest BCUT2D eigenvalue weighted by atomic mass is 10.0. The molecule has 20 heavy (non-hydrogen) atoms. The fraction of sp³-hybridized carbons (Fsp3) is 0.429. The van der Waals surface area contributed by atoms with E-state index in [9.17, 15) is 0 Å². The minimum atomic E-state index is 0.00211. The van der Waals surface area contributed by atoms with Gasteiger partial charge in [0.2, 0.25) is 0 Å². The van der Waals surface area contributed by atoms with Gasteiger partial charge in [-0.2, -0.15) is 5.10 Å². The van der Waals surface area contributed by atoms with Crippen molar-refractivity contribution in [3.8, 4) is 0 Å². The third kappa shape index (κ3) is 3.22. The van der Waals surface area contributed by atoms with Crippen LogP contribution < -0.4 is 5.32 Å². The lowest BCUT2D eigenvalue weighted by Gasteiger charge is -2.21. The van der Waals surface area contributed by atoms with Gasteiger partial charge in [-0.1, -0.05) is 18.5 Å². The normalized spacial score (nSPS) is 12.6. The molecule has 0 saturated heterocycles. The van der Waals surface area contributed by atoms with Gasteiger partial charge in [-0.05, 0) is 47.4 Å². The first-order chi connectivity index (χ1) is 9.69. The predicted molar refractivity (Wildman–Crippen MR) is 85.0 cm³/mol. The van der Waals surface area contributed by atoms with Gasteiger partial charge < -0.3 is 5.32 Å². The van der Waals surface area contributed by atoms with Gasteiger partial charge in [0.1, 0.15) is 0 Å². The van der Waals surface area contributed by atoms with Crippen LogP contribution in [0.3, 0.4) is 0 Å². The monoisotopic (exact) mass is 356 g/mol. The Labute approximate surface area is 132 Å². The molecule has 0 aliphatic rings. The molecular weight excluding hydrogens is 340 g/mol. The summed E-state index contributed by atoms with van der Waals surface area (Å²) in [7, 11) is 0. The second kappa shape index (κ2) is 7.20. The van der Waals surface area contributed by atoms with Crippen LogP contribution in [0.2, 0.25) is 5.02 Å². The van der Waals surface area contributed by atoms with Crippen molar-refractivity contribution in [1.29, 1.82) is 0 Å². The van der Waals surface area contributed by atoms with Gasteiger partial charge >= 0.3 is 0 Å². The smallest absolute Gasteiger partial charge is 0.0775 e. The molecule has 2 heterocycles. The average Bonchev–Trinajstić information content (AvgIpc) is 2.82. The van der Waals surface area contributed by atoms with Crippen LogP contribution >= 0.6 is 27.5 Å². The summed E-state index contributed by atoms with van der Waals surface area (Å²) in [6, 6.07) is 1.96. The largest absolute Gasteiger partial charge is 0.305 e. The third-order valence-corrected chi connectivity index (χ3v) is 4.05. The van der Waals surface area contributed by atoms with Gasteiger partial charge in [-0.25, -0.2) is 0 Å². The molecule has 0 radical (unpaired) electrons. The topological polar surface area (TPSA) is 42.7 Å². The third-order valence-electron chi connectivity index (χ3n) is 3.12. The standard InChI is InChI=1S/C14H18BrClN4/c1-3-6-18-13(10-5-7-17-9-12(10)16)14-11(15)8-19-20(14)4-2/h5,7-9,13,18H,3-4,6H2,1-2H3. The number of pyridine rings is 1. The lowest BCUT2D eigenvalue weighted by molar-refractivity contribution is 0.528. The van der Waals surface area contributed by atoms with Gasteiger partial charge in [-0.15, -0.1) is 0 Å². The minimum absolute atomic E-state index is 0.00211. The molecule has 0 amide bonds. The number of rotatable bonds is 6. The zero-order valence-electron chi connectivity index (χ0n) is 11.6. The molecule has 0 fully saturated rings. The van der Waals surface area contributed by atoms with Crippen molar-refractivity contribution < 1.29 is 0 Å². The number of aryl methyl sites for hydroxylation is 1. The molecular formula is C14H18BrClN4. The maximum absolute atomic E-state index is 6.32. The van der Waals surface area contributed by atoms with Gasteiger partial charge in [-0.3, -0.25) is 9.67 Å². The van der Waals surface area contributed by atoms with E-state index < -0.39 is 0 Å². The number of nitrogens with zero attached hydrogens (tertiary/aromatic N) is 3.